The van der Waals surface area contributed by atoms with Crippen molar-refractivity contribution < 1.29 is 22.7 Å². The van der Waals surface area contributed by atoms with E-state index in [-0.39, 0.29) is 17.1 Å². The van der Waals surface area contributed by atoms with Crippen LogP contribution in [0.1, 0.15) is 32.6 Å². The minimum absolute atomic E-state index is 0.0890. The zero-order chi connectivity index (χ0) is 20.4. The van der Waals surface area contributed by atoms with E-state index >= 15 is 0 Å². The maximum absolute atomic E-state index is 12.4. The van der Waals surface area contributed by atoms with Gasteiger partial charge in [0.25, 0.3) is 5.91 Å². The first-order chi connectivity index (χ1) is 12.6. The molecule has 10 heteroatoms. The molecule has 1 heterocycles. The van der Waals surface area contributed by atoms with Crippen molar-refractivity contribution in [3.63, 3.8) is 0 Å². The first-order valence-electron chi connectivity index (χ1n) is 8.04. The summed E-state index contributed by atoms with van der Waals surface area (Å²) in [5.41, 5.74) is 0.897. The topological polar surface area (TPSA) is 98.0 Å². The van der Waals surface area contributed by atoms with Gasteiger partial charge < -0.3 is 9.30 Å². The van der Waals surface area contributed by atoms with Gasteiger partial charge in [0.1, 0.15) is 4.88 Å². The molecule has 1 amide bonds. The Hall–Kier alpha value is -2.30. The molecule has 0 saturated carbocycles. The summed E-state index contributed by atoms with van der Waals surface area (Å²) in [5, 5.41) is 0. The molecule has 0 radical (unpaired) electrons. The van der Waals surface area contributed by atoms with E-state index in [1.165, 1.54) is 38.4 Å². The zero-order valence-corrected chi connectivity index (χ0v) is 17.3. The Kier molecular flexibility index (Phi) is 6.34. The smallest absolute Gasteiger partial charge is 0.350 e. The van der Waals surface area contributed by atoms with E-state index in [9.17, 15) is 18.0 Å². The number of carbonyl (C=O) groups excluding carboxylic acids is 2. The number of thiazole rings is 1. The molecule has 2 rings (SSSR count). The molecular weight excluding hydrogens is 390 g/mol. The first kappa shape index (κ1) is 21.0. The molecule has 0 aliphatic carbocycles. The van der Waals surface area contributed by atoms with Crippen molar-refractivity contribution in [3.05, 3.63) is 45.2 Å². The number of nitrogens with zero attached hydrogens (tertiary/aromatic N) is 3. The quantitative estimate of drug-likeness (QED) is 0.696. The largest absolute Gasteiger partial charge is 0.462 e. The second-order valence-corrected chi connectivity index (χ2v) is 8.94. The van der Waals surface area contributed by atoms with E-state index in [0.717, 1.165) is 15.6 Å². The molecule has 0 saturated heterocycles. The summed E-state index contributed by atoms with van der Waals surface area (Å²) >= 11 is 1.07. The molecule has 0 bridgehead atoms. The van der Waals surface area contributed by atoms with Crippen molar-refractivity contribution in [2.45, 2.75) is 18.7 Å². The molecule has 1 aromatic carbocycles. The van der Waals surface area contributed by atoms with Gasteiger partial charge in [0.05, 0.1) is 11.5 Å². The van der Waals surface area contributed by atoms with Crippen LogP contribution < -0.4 is 4.80 Å². The highest BCUT2D eigenvalue weighted by Gasteiger charge is 2.19. The van der Waals surface area contributed by atoms with Crippen molar-refractivity contribution in [1.82, 2.24) is 8.87 Å². The highest BCUT2D eigenvalue weighted by Crippen LogP contribution is 2.15. The van der Waals surface area contributed by atoms with Crippen LogP contribution in [0.25, 0.3) is 0 Å². The van der Waals surface area contributed by atoms with Crippen LogP contribution in [0, 0.1) is 6.92 Å². The molecule has 0 atom stereocenters. The number of hydrogen-bond acceptors (Lipinski definition) is 6. The number of carbonyl (C=O) groups is 2. The number of sulfonamides is 1. The Labute approximate surface area is 161 Å². The van der Waals surface area contributed by atoms with E-state index in [2.05, 4.69) is 4.99 Å². The lowest BCUT2D eigenvalue weighted by molar-refractivity contribution is 0.0530. The van der Waals surface area contributed by atoms with E-state index in [1.807, 2.05) is 0 Å². The molecule has 0 aliphatic heterocycles. The van der Waals surface area contributed by atoms with Crippen LogP contribution in [0.15, 0.2) is 34.2 Å². The molecule has 146 valence electrons. The highest BCUT2D eigenvalue weighted by atomic mass is 32.2. The summed E-state index contributed by atoms with van der Waals surface area (Å²) in [4.78, 5) is 29.3. The minimum atomic E-state index is -3.56. The number of ether oxygens (including phenoxy) is 1. The Morgan fingerprint density at radius 2 is 1.81 bits per heavy atom. The van der Waals surface area contributed by atoms with Crippen molar-refractivity contribution in [1.29, 1.82) is 0 Å². The van der Waals surface area contributed by atoms with Gasteiger partial charge in [-0.1, -0.05) is 11.3 Å². The Balaban J connectivity index is 2.37. The molecule has 1 aromatic heterocycles. The fraction of sp³-hybridized carbons (Fsp3) is 0.353. The molecule has 8 nitrogen and oxygen atoms in total. The fourth-order valence-electron chi connectivity index (χ4n) is 2.14. The molecule has 0 aliphatic rings. The van der Waals surface area contributed by atoms with Crippen molar-refractivity contribution in [2.24, 2.45) is 12.0 Å². The van der Waals surface area contributed by atoms with Gasteiger partial charge in [-0.2, -0.15) is 4.99 Å². The predicted molar refractivity (Wildman–Crippen MR) is 101 cm³/mol. The third kappa shape index (κ3) is 4.34. The summed E-state index contributed by atoms with van der Waals surface area (Å²) in [6.45, 7) is 3.72. The molecule has 0 fully saturated rings. The minimum Gasteiger partial charge on any atom is -0.462 e. The summed E-state index contributed by atoms with van der Waals surface area (Å²) in [7, 11) is 1.01. The average molecular weight is 412 g/mol. The van der Waals surface area contributed by atoms with Gasteiger partial charge in [0, 0.05) is 32.4 Å². The first-order valence-corrected chi connectivity index (χ1v) is 10.3. The third-order valence-corrected chi connectivity index (χ3v) is 6.89. The van der Waals surface area contributed by atoms with Crippen molar-refractivity contribution in [3.8, 4) is 0 Å². The van der Waals surface area contributed by atoms with Crippen LogP contribution in [0.5, 0.6) is 0 Å². The standard InChI is InChI=1S/C17H21N3O5S2/c1-6-25-16(22)14-11(2)20(5)17(26-14)18-15(21)12-7-9-13(10-8-12)27(23,24)19(3)4/h7-10H,6H2,1-5H3. The third-order valence-electron chi connectivity index (χ3n) is 3.85. The molecule has 0 N–H and O–H groups in total. The normalized spacial score (nSPS) is 12.4. The molecule has 0 spiro atoms. The van der Waals surface area contributed by atoms with Crippen LogP contribution in [-0.2, 0) is 21.8 Å². The van der Waals surface area contributed by atoms with Crippen LogP contribution in [-0.4, -0.2) is 49.9 Å². The van der Waals surface area contributed by atoms with Crippen molar-refractivity contribution >= 4 is 33.2 Å². The summed E-state index contributed by atoms with van der Waals surface area (Å²) in [6.07, 6.45) is 0. The second-order valence-electron chi connectivity index (χ2n) is 5.81. The lowest BCUT2D eigenvalue weighted by Gasteiger charge is -2.11. The number of hydrogen-bond donors (Lipinski definition) is 0. The molecular formula is C17H21N3O5S2. The van der Waals surface area contributed by atoms with Crippen LogP contribution in [0.3, 0.4) is 0 Å². The van der Waals surface area contributed by atoms with Gasteiger partial charge in [-0.3, -0.25) is 4.79 Å². The van der Waals surface area contributed by atoms with Crippen LogP contribution >= 0.6 is 11.3 Å². The Morgan fingerprint density at radius 1 is 1.22 bits per heavy atom. The molecule has 27 heavy (non-hydrogen) atoms. The number of esters is 1. The van der Waals surface area contributed by atoms with E-state index in [4.69, 9.17) is 4.74 Å². The molecule has 2 aromatic rings. The highest BCUT2D eigenvalue weighted by molar-refractivity contribution is 7.89. The second kappa shape index (κ2) is 8.15. The van der Waals surface area contributed by atoms with E-state index in [0.29, 0.717) is 15.4 Å². The van der Waals surface area contributed by atoms with Gasteiger partial charge >= 0.3 is 5.97 Å². The fourth-order valence-corrected chi connectivity index (χ4v) is 4.06. The zero-order valence-electron chi connectivity index (χ0n) is 15.7. The molecule has 0 unspecified atom stereocenters. The maximum atomic E-state index is 12.4. The number of rotatable bonds is 5. The summed E-state index contributed by atoms with van der Waals surface area (Å²) in [5.74, 6) is -0.987. The summed E-state index contributed by atoms with van der Waals surface area (Å²) in [6, 6.07) is 5.55. The number of amides is 1. The number of benzene rings is 1. The van der Waals surface area contributed by atoms with Crippen molar-refractivity contribution in [2.75, 3.05) is 20.7 Å². The monoisotopic (exact) mass is 411 g/mol. The lowest BCUT2D eigenvalue weighted by atomic mass is 10.2. The maximum Gasteiger partial charge on any atom is 0.350 e. The Bertz CT molecular complexity index is 1030. The van der Waals surface area contributed by atoms with E-state index < -0.39 is 21.9 Å². The SMILES string of the molecule is CCOC(=O)c1sc(=NC(=O)c2ccc(S(=O)(=O)N(C)C)cc2)n(C)c1C. The van der Waals surface area contributed by atoms with Crippen LogP contribution in [0.4, 0.5) is 0 Å². The van der Waals surface area contributed by atoms with E-state index in [1.54, 1.807) is 25.5 Å². The van der Waals surface area contributed by atoms with Gasteiger partial charge in [-0.25, -0.2) is 17.5 Å². The van der Waals surface area contributed by atoms with Crippen LogP contribution in [0.2, 0.25) is 0 Å². The summed E-state index contributed by atoms with van der Waals surface area (Å²) < 4.78 is 31.9. The average Bonchev–Trinajstić information content (AvgIpc) is 2.90. The van der Waals surface area contributed by atoms with Gasteiger partial charge in [-0.05, 0) is 38.1 Å². The lowest BCUT2D eigenvalue weighted by Crippen LogP contribution is -2.22. The van der Waals surface area contributed by atoms with Gasteiger partial charge in [0.2, 0.25) is 10.0 Å². The predicted octanol–water partition coefficient (Wildman–Crippen LogP) is 1.56. The van der Waals surface area contributed by atoms with Gasteiger partial charge in [0.15, 0.2) is 4.80 Å². The van der Waals surface area contributed by atoms with Gasteiger partial charge in [-0.15, -0.1) is 0 Å². The Morgan fingerprint density at radius 3 is 2.33 bits per heavy atom. The number of aromatic nitrogens is 1.